The molecule has 2 N–H and O–H groups in total. The number of guanidine groups is 1. The molecule has 0 spiro atoms. The van der Waals surface area contributed by atoms with Gasteiger partial charge < -0.3 is 15.2 Å². The zero-order valence-corrected chi connectivity index (χ0v) is 14.3. The van der Waals surface area contributed by atoms with Crippen LogP contribution < -0.4 is 5.73 Å². The first-order valence-corrected chi connectivity index (χ1v) is 7.20. The number of fused-ring (bicyclic) bond motifs is 1. The second-order valence-corrected chi connectivity index (χ2v) is 5.66. The Balaban J connectivity index is 0.00000147. The molecule has 0 radical (unpaired) electrons. The number of piperidine rings is 1. The molecule has 7 heteroatoms. The van der Waals surface area contributed by atoms with Gasteiger partial charge in [-0.2, -0.15) is 0 Å². The first-order chi connectivity index (χ1) is 9.24. The summed E-state index contributed by atoms with van der Waals surface area (Å²) >= 11 is 0. The van der Waals surface area contributed by atoms with Crippen molar-refractivity contribution in [1.82, 2.24) is 19.7 Å². The maximum absolute atomic E-state index is 6.09. The van der Waals surface area contributed by atoms with Crippen molar-refractivity contribution >= 4 is 29.9 Å². The molecule has 0 amide bonds. The highest BCUT2D eigenvalue weighted by Gasteiger charge is 2.19. The molecule has 2 aliphatic heterocycles. The smallest absolute Gasteiger partial charge is 0.191 e. The zero-order valence-electron chi connectivity index (χ0n) is 12.0. The Kier molecular flexibility index (Phi) is 5.22. The van der Waals surface area contributed by atoms with Crippen LogP contribution in [0.25, 0.3) is 0 Å². The van der Waals surface area contributed by atoms with Crippen molar-refractivity contribution in [3.8, 4) is 0 Å². The molecule has 1 fully saturated rings. The minimum Gasteiger partial charge on any atom is -0.370 e. The lowest BCUT2D eigenvalue weighted by molar-refractivity contribution is 0.270. The van der Waals surface area contributed by atoms with Gasteiger partial charge in [-0.15, -0.1) is 34.2 Å². The molecule has 1 aromatic rings. The van der Waals surface area contributed by atoms with E-state index in [0.29, 0.717) is 18.4 Å². The fraction of sp³-hybridized carbons (Fsp3) is 0.769. The topological polar surface area (TPSA) is 72.3 Å². The SMILES string of the molecule is CC1CCCN(C(N)=NCc2nnc3n2CCC3)C1.I. The predicted molar refractivity (Wildman–Crippen MR) is 89.1 cm³/mol. The van der Waals surface area contributed by atoms with Crippen LogP contribution in [0.4, 0.5) is 0 Å². The van der Waals surface area contributed by atoms with Crippen LogP contribution in [0.5, 0.6) is 0 Å². The van der Waals surface area contributed by atoms with Crippen LogP contribution in [0.15, 0.2) is 4.99 Å². The Morgan fingerprint density at radius 3 is 3.00 bits per heavy atom. The molecule has 1 unspecified atom stereocenters. The summed E-state index contributed by atoms with van der Waals surface area (Å²) in [5.41, 5.74) is 6.09. The average molecular weight is 390 g/mol. The summed E-state index contributed by atoms with van der Waals surface area (Å²) < 4.78 is 2.18. The molecule has 112 valence electrons. The maximum Gasteiger partial charge on any atom is 0.191 e. The van der Waals surface area contributed by atoms with E-state index in [2.05, 4.69) is 31.6 Å². The number of aromatic nitrogens is 3. The summed E-state index contributed by atoms with van der Waals surface area (Å²) in [6, 6.07) is 0. The molecule has 20 heavy (non-hydrogen) atoms. The van der Waals surface area contributed by atoms with E-state index in [1.54, 1.807) is 0 Å². The third-order valence-electron chi connectivity index (χ3n) is 4.05. The maximum atomic E-state index is 6.09. The van der Waals surface area contributed by atoms with E-state index in [4.69, 9.17) is 5.73 Å². The van der Waals surface area contributed by atoms with Gasteiger partial charge in [0.2, 0.25) is 0 Å². The minimum absolute atomic E-state index is 0. The van der Waals surface area contributed by atoms with Crippen LogP contribution in [0, 0.1) is 5.92 Å². The fourth-order valence-corrected chi connectivity index (χ4v) is 2.98. The number of aryl methyl sites for hydroxylation is 1. The van der Waals surface area contributed by atoms with Crippen molar-refractivity contribution in [1.29, 1.82) is 0 Å². The van der Waals surface area contributed by atoms with Crippen molar-refractivity contribution in [2.45, 2.75) is 45.7 Å². The van der Waals surface area contributed by atoms with Crippen LogP contribution in [0.3, 0.4) is 0 Å². The van der Waals surface area contributed by atoms with Gasteiger partial charge in [-0.05, 0) is 25.2 Å². The Morgan fingerprint density at radius 1 is 1.35 bits per heavy atom. The third kappa shape index (κ3) is 3.24. The number of hydrogen-bond donors (Lipinski definition) is 1. The van der Waals surface area contributed by atoms with E-state index in [1.807, 2.05) is 0 Å². The average Bonchev–Trinajstić information content (AvgIpc) is 2.99. The Morgan fingerprint density at radius 2 is 2.20 bits per heavy atom. The number of aliphatic imine (C=N–C) groups is 1. The van der Waals surface area contributed by atoms with E-state index >= 15 is 0 Å². The lowest BCUT2D eigenvalue weighted by Crippen LogP contribution is -2.43. The monoisotopic (exact) mass is 390 g/mol. The van der Waals surface area contributed by atoms with Crippen molar-refractivity contribution in [2.24, 2.45) is 16.6 Å². The third-order valence-corrected chi connectivity index (χ3v) is 4.05. The highest BCUT2D eigenvalue weighted by molar-refractivity contribution is 14.0. The van der Waals surface area contributed by atoms with Crippen molar-refractivity contribution in [3.05, 3.63) is 11.6 Å². The van der Waals surface area contributed by atoms with Gasteiger partial charge in [0.15, 0.2) is 11.8 Å². The van der Waals surface area contributed by atoms with E-state index in [1.165, 1.54) is 19.3 Å². The Labute approximate surface area is 136 Å². The number of nitrogens with zero attached hydrogens (tertiary/aromatic N) is 5. The molecule has 1 aromatic heterocycles. The van der Waals surface area contributed by atoms with E-state index in [9.17, 15) is 0 Å². The standard InChI is InChI=1S/C13H22N6.HI/c1-10-4-2-6-18(9-10)13(14)15-8-12-17-16-11-5-3-7-19(11)12;/h10H,2-9H2,1H3,(H2,14,15);1H. The first-order valence-electron chi connectivity index (χ1n) is 7.20. The van der Waals surface area contributed by atoms with Gasteiger partial charge in [-0.3, -0.25) is 0 Å². The van der Waals surface area contributed by atoms with E-state index < -0.39 is 0 Å². The number of rotatable bonds is 2. The molecular formula is C13H23IN6. The quantitative estimate of drug-likeness (QED) is 0.471. The lowest BCUT2D eigenvalue weighted by atomic mass is 10.0. The molecule has 1 saturated heterocycles. The molecule has 0 aliphatic carbocycles. The summed E-state index contributed by atoms with van der Waals surface area (Å²) in [4.78, 5) is 6.69. The molecule has 1 atom stereocenters. The van der Waals surface area contributed by atoms with Crippen molar-refractivity contribution < 1.29 is 0 Å². The van der Waals surface area contributed by atoms with Crippen molar-refractivity contribution in [3.63, 3.8) is 0 Å². The number of likely N-dealkylation sites (tertiary alicyclic amines) is 1. The molecule has 0 bridgehead atoms. The van der Waals surface area contributed by atoms with Crippen LogP contribution in [0.2, 0.25) is 0 Å². The zero-order chi connectivity index (χ0) is 13.2. The van der Waals surface area contributed by atoms with Gasteiger partial charge >= 0.3 is 0 Å². The highest BCUT2D eigenvalue weighted by Crippen LogP contribution is 2.16. The highest BCUT2D eigenvalue weighted by atomic mass is 127. The van der Waals surface area contributed by atoms with Gasteiger partial charge in [-0.1, -0.05) is 6.92 Å². The number of hydrogen-bond acceptors (Lipinski definition) is 3. The van der Waals surface area contributed by atoms with Gasteiger partial charge in [0.1, 0.15) is 12.4 Å². The van der Waals surface area contributed by atoms with Crippen molar-refractivity contribution in [2.75, 3.05) is 13.1 Å². The molecule has 3 heterocycles. The number of halogens is 1. The van der Waals surface area contributed by atoms with Crippen LogP contribution >= 0.6 is 24.0 Å². The predicted octanol–water partition coefficient (Wildman–Crippen LogP) is 1.39. The molecule has 0 aromatic carbocycles. The molecule has 6 nitrogen and oxygen atoms in total. The second kappa shape index (κ2) is 6.73. The van der Waals surface area contributed by atoms with Crippen LogP contribution in [-0.2, 0) is 19.5 Å². The Bertz CT molecular complexity index is 483. The van der Waals surface area contributed by atoms with Gasteiger partial charge in [0, 0.05) is 26.1 Å². The molecule has 2 aliphatic rings. The number of nitrogens with two attached hydrogens (primary N) is 1. The molecular weight excluding hydrogens is 367 g/mol. The van der Waals surface area contributed by atoms with Gasteiger partial charge in [0.05, 0.1) is 0 Å². The summed E-state index contributed by atoms with van der Waals surface area (Å²) in [6.45, 7) is 5.88. The van der Waals surface area contributed by atoms with E-state index in [-0.39, 0.29) is 24.0 Å². The van der Waals surface area contributed by atoms with Gasteiger partial charge in [-0.25, -0.2) is 4.99 Å². The van der Waals surface area contributed by atoms with E-state index in [0.717, 1.165) is 37.7 Å². The first kappa shape index (κ1) is 15.5. The second-order valence-electron chi connectivity index (χ2n) is 5.66. The minimum atomic E-state index is 0. The fourth-order valence-electron chi connectivity index (χ4n) is 2.98. The van der Waals surface area contributed by atoms with Gasteiger partial charge in [0.25, 0.3) is 0 Å². The summed E-state index contributed by atoms with van der Waals surface area (Å²) in [7, 11) is 0. The lowest BCUT2D eigenvalue weighted by Gasteiger charge is -2.31. The molecule has 0 saturated carbocycles. The normalized spacial score (nSPS) is 22.6. The molecule has 3 rings (SSSR count). The summed E-state index contributed by atoms with van der Waals surface area (Å²) in [5.74, 6) is 3.40. The largest absolute Gasteiger partial charge is 0.370 e. The summed E-state index contributed by atoms with van der Waals surface area (Å²) in [5, 5.41) is 8.39. The van der Waals surface area contributed by atoms with Crippen LogP contribution in [-0.4, -0.2) is 38.7 Å². The summed E-state index contributed by atoms with van der Waals surface area (Å²) in [6.07, 6.45) is 4.70. The Hall–Kier alpha value is -0.860. The van der Waals surface area contributed by atoms with Crippen LogP contribution in [0.1, 0.15) is 37.8 Å².